The Morgan fingerprint density at radius 1 is 1.10 bits per heavy atom. The lowest BCUT2D eigenvalue weighted by Gasteiger charge is -2.15. The zero-order valence-electron chi connectivity index (χ0n) is 22.6. The monoisotopic (exact) mass is 607 g/mol. The molecule has 1 saturated heterocycles. The molecule has 0 bridgehead atoms. The molecule has 42 heavy (non-hydrogen) atoms. The SMILES string of the molecule is COc1cc2nccc(Oc3ccc(NC(=S)NC(=O)Cc4ccccc4)cc3F)c2cc1C(=O)NC1CC[S+](O)C1. The number of fused-ring (bicyclic) bond motifs is 1. The summed E-state index contributed by atoms with van der Waals surface area (Å²) in [6.07, 6.45) is 2.37. The summed E-state index contributed by atoms with van der Waals surface area (Å²) in [5, 5.41) is 8.87. The molecule has 1 fully saturated rings. The van der Waals surface area contributed by atoms with Gasteiger partial charge in [-0.1, -0.05) is 30.3 Å². The summed E-state index contributed by atoms with van der Waals surface area (Å²) in [5.74, 6) is 0.431. The molecular weight excluding hydrogens is 579 g/mol. The van der Waals surface area contributed by atoms with Gasteiger partial charge < -0.3 is 25.4 Å². The van der Waals surface area contributed by atoms with E-state index >= 15 is 4.39 Å². The summed E-state index contributed by atoms with van der Waals surface area (Å²) in [6, 6.07) is 18.1. The summed E-state index contributed by atoms with van der Waals surface area (Å²) < 4.78 is 36.3. The molecule has 4 aromatic rings. The van der Waals surface area contributed by atoms with Crippen molar-refractivity contribution in [3.8, 4) is 17.2 Å². The van der Waals surface area contributed by atoms with Gasteiger partial charge in [-0.25, -0.2) is 4.39 Å². The van der Waals surface area contributed by atoms with Crippen LogP contribution in [0.15, 0.2) is 72.9 Å². The van der Waals surface area contributed by atoms with E-state index in [0.29, 0.717) is 40.3 Å². The highest BCUT2D eigenvalue weighted by Gasteiger charge is 2.33. The van der Waals surface area contributed by atoms with Gasteiger partial charge in [-0.2, -0.15) is 4.55 Å². The molecule has 2 unspecified atom stereocenters. The highest BCUT2D eigenvalue weighted by Crippen LogP contribution is 2.35. The topological polar surface area (TPSA) is 122 Å². The minimum Gasteiger partial charge on any atom is -0.496 e. The minimum absolute atomic E-state index is 0.0384. The molecule has 2 atom stereocenters. The van der Waals surface area contributed by atoms with E-state index in [-0.39, 0.29) is 46.5 Å². The predicted molar refractivity (Wildman–Crippen MR) is 165 cm³/mol. The van der Waals surface area contributed by atoms with Crippen LogP contribution in [0.4, 0.5) is 10.1 Å². The number of ether oxygens (including phenoxy) is 2. The number of hydrogen-bond donors (Lipinski definition) is 4. The van der Waals surface area contributed by atoms with Gasteiger partial charge >= 0.3 is 0 Å². The summed E-state index contributed by atoms with van der Waals surface area (Å²) in [6.45, 7) is 0. The van der Waals surface area contributed by atoms with E-state index < -0.39 is 17.0 Å². The van der Waals surface area contributed by atoms with Gasteiger partial charge in [0.15, 0.2) is 22.4 Å². The second-order valence-electron chi connectivity index (χ2n) is 9.58. The van der Waals surface area contributed by atoms with Gasteiger partial charge in [-0.3, -0.25) is 14.6 Å². The fourth-order valence-corrected chi connectivity index (χ4v) is 6.20. The number of nitrogens with zero attached hydrogens (tertiary/aromatic N) is 1. The van der Waals surface area contributed by atoms with Crippen LogP contribution in [0.2, 0.25) is 0 Å². The highest BCUT2D eigenvalue weighted by atomic mass is 32.2. The van der Waals surface area contributed by atoms with Crippen molar-refractivity contribution < 1.29 is 28.0 Å². The smallest absolute Gasteiger partial charge is 0.255 e. The second kappa shape index (κ2) is 13.1. The lowest BCUT2D eigenvalue weighted by molar-refractivity contribution is -0.119. The van der Waals surface area contributed by atoms with Crippen LogP contribution in [-0.2, 0) is 22.4 Å². The number of carbonyl (C=O) groups is 2. The largest absolute Gasteiger partial charge is 0.496 e. The van der Waals surface area contributed by atoms with Crippen LogP contribution in [0.3, 0.4) is 0 Å². The van der Waals surface area contributed by atoms with Crippen molar-refractivity contribution in [2.75, 3.05) is 23.9 Å². The van der Waals surface area contributed by atoms with Gasteiger partial charge in [0, 0.05) is 35.8 Å². The third kappa shape index (κ3) is 7.14. The van der Waals surface area contributed by atoms with E-state index in [9.17, 15) is 14.1 Å². The molecule has 3 aromatic carbocycles. The number of hydrogen-bond acceptors (Lipinski definition) is 7. The lowest BCUT2D eigenvalue weighted by Crippen LogP contribution is -2.35. The second-order valence-corrected chi connectivity index (χ2v) is 11.7. The van der Waals surface area contributed by atoms with Crippen molar-refractivity contribution in [2.24, 2.45) is 0 Å². The molecule has 0 radical (unpaired) electrons. The van der Waals surface area contributed by atoms with Gasteiger partial charge in [0.05, 0.1) is 30.7 Å². The fourth-order valence-electron chi connectivity index (χ4n) is 4.53. The molecule has 0 saturated carbocycles. The average Bonchev–Trinajstić information content (AvgIpc) is 3.38. The molecule has 0 aliphatic carbocycles. The molecular formula is C30H28FN4O5S2+. The van der Waals surface area contributed by atoms with Crippen LogP contribution in [0.1, 0.15) is 22.3 Å². The molecule has 5 rings (SSSR count). The van der Waals surface area contributed by atoms with E-state index in [1.807, 2.05) is 30.3 Å². The molecule has 9 nitrogen and oxygen atoms in total. The Morgan fingerprint density at radius 2 is 1.90 bits per heavy atom. The van der Waals surface area contributed by atoms with Crippen LogP contribution in [0.5, 0.6) is 17.2 Å². The third-order valence-corrected chi connectivity index (χ3v) is 8.27. The van der Waals surface area contributed by atoms with Crippen LogP contribution < -0.4 is 25.4 Å². The first-order valence-corrected chi connectivity index (χ1v) is 15.0. The normalized spacial score (nSPS) is 16.1. The number of methoxy groups -OCH3 is 1. The number of carbonyl (C=O) groups excluding carboxylic acids is 2. The Balaban J connectivity index is 1.29. The number of thiocarbonyl (C=S) groups is 1. The lowest BCUT2D eigenvalue weighted by atomic mass is 10.1. The van der Waals surface area contributed by atoms with E-state index in [1.165, 1.54) is 25.4 Å². The molecule has 1 aliphatic rings. The Morgan fingerprint density at radius 3 is 2.62 bits per heavy atom. The quantitative estimate of drug-likeness (QED) is 0.166. The molecule has 12 heteroatoms. The first-order valence-electron chi connectivity index (χ1n) is 13.1. The number of amides is 2. The number of nitrogens with one attached hydrogen (secondary N) is 3. The number of halogens is 1. The standard InChI is InChI=1S/C30H27FN4O5S2/c1-39-27-16-24-21(15-22(27)29(37)33-20-10-12-42(38)17-20)25(9-11-32-24)40-26-8-7-19(14-23(26)31)34-30(41)35-28(36)13-18-5-3-2-4-6-18/h2-9,11,14-16,20,38H,10,12-13,17H2,1H3,(H2-,33,34,35,36,37,41)/p+1. The summed E-state index contributed by atoms with van der Waals surface area (Å²) in [4.78, 5) is 29.7. The van der Waals surface area contributed by atoms with Gasteiger partial charge in [-0.05, 0) is 42.0 Å². The van der Waals surface area contributed by atoms with E-state index in [0.717, 1.165) is 5.56 Å². The number of benzene rings is 3. The fraction of sp³-hybridized carbons (Fsp3) is 0.200. The van der Waals surface area contributed by atoms with Crippen molar-refractivity contribution in [1.82, 2.24) is 15.6 Å². The first kappa shape index (κ1) is 29.2. The number of aromatic nitrogens is 1. The van der Waals surface area contributed by atoms with Crippen molar-refractivity contribution in [2.45, 2.75) is 18.9 Å². The zero-order valence-corrected chi connectivity index (χ0v) is 24.2. The van der Waals surface area contributed by atoms with Gasteiger partial charge in [0.25, 0.3) is 5.91 Å². The van der Waals surface area contributed by atoms with Crippen LogP contribution in [-0.4, -0.2) is 51.1 Å². The maximum absolute atomic E-state index is 15.1. The van der Waals surface area contributed by atoms with E-state index in [1.54, 1.807) is 24.3 Å². The third-order valence-electron chi connectivity index (χ3n) is 6.57. The van der Waals surface area contributed by atoms with Crippen molar-refractivity contribution >= 4 is 56.9 Å². The Bertz CT molecular complexity index is 1640. The summed E-state index contributed by atoms with van der Waals surface area (Å²) >= 11 is 4.52. The molecule has 1 aliphatic heterocycles. The van der Waals surface area contributed by atoms with Crippen molar-refractivity contribution in [1.29, 1.82) is 0 Å². The van der Waals surface area contributed by atoms with Crippen molar-refractivity contribution in [3.63, 3.8) is 0 Å². The average molecular weight is 608 g/mol. The van der Waals surface area contributed by atoms with Gasteiger partial charge in [0.1, 0.15) is 28.4 Å². The molecule has 216 valence electrons. The van der Waals surface area contributed by atoms with Gasteiger partial charge in [-0.15, -0.1) is 0 Å². The molecule has 2 heterocycles. The Kier molecular flexibility index (Phi) is 9.15. The van der Waals surface area contributed by atoms with E-state index in [2.05, 4.69) is 20.9 Å². The zero-order chi connectivity index (χ0) is 29.6. The first-order chi connectivity index (χ1) is 20.3. The summed E-state index contributed by atoms with van der Waals surface area (Å²) in [7, 11) is 1.46. The minimum atomic E-state index is -0.691. The van der Waals surface area contributed by atoms with Crippen LogP contribution in [0.25, 0.3) is 10.9 Å². The van der Waals surface area contributed by atoms with Gasteiger partial charge in [0.2, 0.25) is 5.91 Å². The molecule has 2 amide bonds. The summed E-state index contributed by atoms with van der Waals surface area (Å²) in [5.41, 5.74) is 1.93. The number of rotatable bonds is 8. The van der Waals surface area contributed by atoms with E-state index in [4.69, 9.17) is 21.7 Å². The van der Waals surface area contributed by atoms with Crippen LogP contribution in [0, 0.1) is 5.82 Å². The predicted octanol–water partition coefficient (Wildman–Crippen LogP) is 4.82. The maximum Gasteiger partial charge on any atom is 0.255 e. The molecule has 1 aromatic heterocycles. The molecule has 4 N–H and O–H groups in total. The Hall–Kier alpha value is -4.26. The molecule has 0 spiro atoms. The Labute approximate surface area is 250 Å². The highest BCUT2D eigenvalue weighted by molar-refractivity contribution is 7.91. The van der Waals surface area contributed by atoms with Crippen molar-refractivity contribution in [3.05, 3.63) is 89.9 Å². The van der Waals surface area contributed by atoms with Crippen LogP contribution >= 0.6 is 12.2 Å². The number of pyridine rings is 1. The maximum atomic E-state index is 15.1. The number of anilines is 1.